The van der Waals surface area contributed by atoms with Crippen LogP contribution in [-0.4, -0.2) is 9.55 Å². The summed E-state index contributed by atoms with van der Waals surface area (Å²) >= 11 is 12.1. The number of aryl methyl sites for hydroxylation is 1. The molecule has 0 bridgehead atoms. The highest BCUT2D eigenvalue weighted by molar-refractivity contribution is 9.10. The first-order valence-corrected chi connectivity index (χ1v) is 7.83. The normalized spacial score (nSPS) is 11.2. The Morgan fingerprint density at radius 3 is 2.60 bits per heavy atom. The van der Waals surface area contributed by atoms with E-state index in [0.717, 1.165) is 21.2 Å². The van der Waals surface area contributed by atoms with Crippen molar-refractivity contribution in [2.45, 2.75) is 6.92 Å². The molecule has 2 aromatic carbocycles. The monoisotopic (exact) mass is 414 g/mol. The van der Waals surface area contributed by atoms with Gasteiger partial charge in [-0.15, -0.1) is 0 Å². The van der Waals surface area contributed by atoms with Gasteiger partial charge in [-0.05, 0) is 74.8 Å². The molecular formula is C14H9Br2FN2S. The summed E-state index contributed by atoms with van der Waals surface area (Å²) in [7, 11) is 0. The molecule has 0 radical (unpaired) electrons. The van der Waals surface area contributed by atoms with Crippen molar-refractivity contribution in [3.63, 3.8) is 0 Å². The Bertz CT molecular complexity index is 883. The third-order valence-electron chi connectivity index (χ3n) is 3.07. The number of benzene rings is 2. The first-order chi connectivity index (χ1) is 9.47. The molecule has 6 heteroatoms. The maximum absolute atomic E-state index is 13.6. The second-order valence-electron chi connectivity index (χ2n) is 4.50. The number of nitrogens with one attached hydrogen (secondary N) is 1. The molecule has 0 unspecified atom stereocenters. The molecule has 3 aromatic rings. The quantitative estimate of drug-likeness (QED) is 0.508. The van der Waals surface area contributed by atoms with Crippen molar-refractivity contribution < 1.29 is 4.39 Å². The molecule has 0 aliphatic rings. The van der Waals surface area contributed by atoms with E-state index in [1.54, 1.807) is 6.07 Å². The summed E-state index contributed by atoms with van der Waals surface area (Å²) in [6.07, 6.45) is 0. The molecule has 0 saturated carbocycles. The van der Waals surface area contributed by atoms with Crippen LogP contribution in [0, 0.1) is 17.5 Å². The van der Waals surface area contributed by atoms with Crippen LogP contribution in [0.3, 0.4) is 0 Å². The van der Waals surface area contributed by atoms with E-state index in [9.17, 15) is 4.39 Å². The number of aromatic nitrogens is 2. The molecule has 0 aliphatic heterocycles. The molecule has 1 aromatic heterocycles. The first kappa shape index (κ1) is 14.0. The average Bonchev–Trinajstić information content (AvgIpc) is 2.66. The Balaban J connectivity index is 2.39. The zero-order valence-electron chi connectivity index (χ0n) is 10.4. The lowest BCUT2D eigenvalue weighted by Crippen LogP contribution is -1.96. The number of fused-ring (bicyclic) bond motifs is 1. The van der Waals surface area contributed by atoms with E-state index in [0.29, 0.717) is 14.8 Å². The third kappa shape index (κ3) is 2.25. The molecule has 0 aliphatic carbocycles. The fraction of sp³-hybridized carbons (Fsp3) is 0.0714. The van der Waals surface area contributed by atoms with E-state index in [-0.39, 0.29) is 5.82 Å². The van der Waals surface area contributed by atoms with Crippen LogP contribution in [0.25, 0.3) is 16.7 Å². The largest absolute Gasteiger partial charge is 0.330 e. The highest BCUT2D eigenvalue weighted by Gasteiger charge is 2.12. The van der Waals surface area contributed by atoms with E-state index in [2.05, 4.69) is 36.8 Å². The van der Waals surface area contributed by atoms with Gasteiger partial charge in [0.2, 0.25) is 0 Å². The zero-order chi connectivity index (χ0) is 14.4. The van der Waals surface area contributed by atoms with E-state index >= 15 is 0 Å². The summed E-state index contributed by atoms with van der Waals surface area (Å²) in [4.78, 5) is 3.03. The smallest absolute Gasteiger partial charge is 0.182 e. The predicted octanol–water partition coefficient (Wildman–Crippen LogP) is 5.66. The molecule has 1 N–H and O–H groups in total. The number of H-pyrrole nitrogens is 1. The van der Waals surface area contributed by atoms with Crippen LogP contribution in [0.5, 0.6) is 0 Å². The highest BCUT2D eigenvalue weighted by atomic mass is 79.9. The van der Waals surface area contributed by atoms with Crippen LogP contribution in [0.1, 0.15) is 5.56 Å². The Labute approximate surface area is 136 Å². The van der Waals surface area contributed by atoms with E-state index in [4.69, 9.17) is 12.2 Å². The van der Waals surface area contributed by atoms with Crippen LogP contribution >= 0.6 is 44.1 Å². The molecule has 0 spiro atoms. The number of aromatic amines is 1. The van der Waals surface area contributed by atoms with Gasteiger partial charge in [-0.2, -0.15) is 0 Å². The molecule has 20 heavy (non-hydrogen) atoms. The summed E-state index contributed by atoms with van der Waals surface area (Å²) in [5.74, 6) is -0.316. The standard InChI is InChI=1S/C14H9Br2FN2S/c1-7-2-3-12(9(16)4-7)19-13-5-8(15)10(17)6-11(13)18-14(19)20/h2-6H,1H3,(H,18,20). The number of nitrogens with zero attached hydrogens (tertiary/aromatic N) is 1. The second kappa shape index (κ2) is 5.09. The Morgan fingerprint density at radius 2 is 1.90 bits per heavy atom. The van der Waals surface area contributed by atoms with E-state index < -0.39 is 0 Å². The Morgan fingerprint density at radius 1 is 1.15 bits per heavy atom. The van der Waals surface area contributed by atoms with Crippen molar-refractivity contribution in [1.82, 2.24) is 9.55 Å². The van der Waals surface area contributed by atoms with Gasteiger partial charge in [-0.3, -0.25) is 4.57 Å². The summed E-state index contributed by atoms with van der Waals surface area (Å²) in [5, 5.41) is 0. The average molecular weight is 416 g/mol. The van der Waals surface area contributed by atoms with Gasteiger partial charge in [-0.25, -0.2) is 4.39 Å². The maximum atomic E-state index is 13.6. The third-order valence-corrected chi connectivity index (χ3v) is 4.60. The van der Waals surface area contributed by atoms with Gasteiger partial charge in [0.05, 0.1) is 21.2 Å². The number of halogens is 3. The summed E-state index contributed by atoms with van der Waals surface area (Å²) < 4.78 is 17.4. The minimum Gasteiger partial charge on any atom is -0.330 e. The lowest BCUT2D eigenvalue weighted by molar-refractivity contribution is 0.623. The highest BCUT2D eigenvalue weighted by Crippen LogP contribution is 2.29. The van der Waals surface area contributed by atoms with Crippen LogP contribution in [-0.2, 0) is 0 Å². The van der Waals surface area contributed by atoms with Gasteiger partial charge in [0.15, 0.2) is 4.77 Å². The van der Waals surface area contributed by atoms with Crippen LogP contribution in [0.15, 0.2) is 39.3 Å². The predicted molar refractivity (Wildman–Crippen MR) is 88.6 cm³/mol. The van der Waals surface area contributed by atoms with Crippen LogP contribution in [0.4, 0.5) is 4.39 Å². The van der Waals surface area contributed by atoms with E-state index in [1.807, 2.05) is 29.7 Å². The Hall–Kier alpha value is -0.980. The minimum atomic E-state index is -0.316. The maximum Gasteiger partial charge on any atom is 0.182 e. The lowest BCUT2D eigenvalue weighted by atomic mass is 10.2. The van der Waals surface area contributed by atoms with E-state index in [1.165, 1.54) is 6.07 Å². The van der Waals surface area contributed by atoms with Crippen molar-refractivity contribution in [2.75, 3.05) is 0 Å². The first-order valence-electron chi connectivity index (χ1n) is 5.83. The molecule has 1 heterocycles. The molecule has 0 amide bonds. The molecule has 0 atom stereocenters. The molecule has 2 nitrogen and oxygen atoms in total. The van der Waals surface area contributed by atoms with Gasteiger partial charge >= 0.3 is 0 Å². The van der Waals surface area contributed by atoms with Crippen molar-refractivity contribution in [1.29, 1.82) is 0 Å². The SMILES string of the molecule is Cc1ccc(-n2c(=S)[nH]c3cc(F)c(Br)cc32)c(Br)c1. The zero-order valence-corrected chi connectivity index (χ0v) is 14.4. The molecule has 0 saturated heterocycles. The summed E-state index contributed by atoms with van der Waals surface area (Å²) in [6.45, 7) is 2.02. The van der Waals surface area contributed by atoms with Crippen LogP contribution in [0.2, 0.25) is 0 Å². The lowest BCUT2D eigenvalue weighted by Gasteiger charge is -2.08. The van der Waals surface area contributed by atoms with Gasteiger partial charge in [-0.1, -0.05) is 6.07 Å². The molecule has 3 rings (SSSR count). The number of hydrogen-bond acceptors (Lipinski definition) is 1. The van der Waals surface area contributed by atoms with Crippen molar-refractivity contribution in [2.24, 2.45) is 0 Å². The Kier molecular flexibility index (Phi) is 3.56. The molecule has 0 fully saturated rings. The fourth-order valence-electron chi connectivity index (χ4n) is 2.13. The van der Waals surface area contributed by atoms with Gasteiger partial charge in [0.25, 0.3) is 0 Å². The van der Waals surface area contributed by atoms with Gasteiger partial charge in [0.1, 0.15) is 5.82 Å². The van der Waals surface area contributed by atoms with Crippen molar-refractivity contribution in [3.8, 4) is 5.69 Å². The molecular weight excluding hydrogens is 407 g/mol. The number of imidazole rings is 1. The summed E-state index contributed by atoms with van der Waals surface area (Å²) in [6, 6.07) is 9.19. The number of rotatable bonds is 1. The van der Waals surface area contributed by atoms with Gasteiger partial charge < -0.3 is 4.98 Å². The van der Waals surface area contributed by atoms with Gasteiger partial charge in [0, 0.05) is 10.5 Å². The fourth-order valence-corrected chi connectivity index (χ4v) is 3.44. The minimum absolute atomic E-state index is 0.316. The van der Waals surface area contributed by atoms with Crippen molar-refractivity contribution in [3.05, 3.63) is 55.4 Å². The topological polar surface area (TPSA) is 20.7 Å². The second-order valence-corrected chi connectivity index (χ2v) is 6.60. The van der Waals surface area contributed by atoms with Crippen LogP contribution < -0.4 is 0 Å². The van der Waals surface area contributed by atoms with Crippen molar-refractivity contribution >= 4 is 55.1 Å². The number of hydrogen-bond donors (Lipinski definition) is 1. The summed E-state index contributed by atoms with van der Waals surface area (Å²) in [5.41, 5.74) is 3.57. The molecule has 102 valence electrons.